The van der Waals surface area contributed by atoms with Gasteiger partial charge in [0.15, 0.2) is 11.1 Å². The van der Waals surface area contributed by atoms with Crippen LogP contribution >= 0.6 is 11.6 Å². The summed E-state index contributed by atoms with van der Waals surface area (Å²) < 4.78 is 19.7. The number of halogens is 1. The van der Waals surface area contributed by atoms with Crippen molar-refractivity contribution in [3.63, 3.8) is 0 Å². The number of rotatable bonds is 1. The third kappa shape index (κ3) is 2.81. The van der Waals surface area contributed by atoms with Crippen LogP contribution in [0.4, 0.5) is 0 Å². The van der Waals surface area contributed by atoms with Gasteiger partial charge in [-0.2, -0.15) is 0 Å². The Hall–Kier alpha value is 0.1000. The molecule has 74 valence electrons. The molecule has 0 aromatic heterocycles. The molecule has 0 bridgehead atoms. The molecule has 0 amide bonds. The van der Waals surface area contributed by atoms with E-state index in [2.05, 4.69) is 0 Å². The predicted octanol–water partition coefficient (Wildman–Crippen LogP) is 2.43. The molecule has 0 saturated heterocycles. The van der Waals surface area contributed by atoms with Gasteiger partial charge in [0.2, 0.25) is 0 Å². The van der Waals surface area contributed by atoms with Crippen LogP contribution in [0.15, 0.2) is 41.3 Å². The van der Waals surface area contributed by atoms with E-state index in [1.165, 1.54) is 0 Å². The fourth-order valence-electron chi connectivity index (χ4n) is 1.32. The summed E-state index contributed by atoms with van der Waals surface area (Å²) in [5, 5.41) is 2.36. The first kappa shape index (κ1) is 13.2. The van der Waals surface area contributed by atoms with E-state index in [0.717, 1.165) is 10.8 Å². The van der Waals surface area contributed by atoms with E-state index in [1.807, 2.05) is 12.1 Å². The standard InChI is InChI=1S/C10H7ClO2S.Na.H/c11-10-3-1-2-7-4-5-8(14(12)13)6-9(7)10;;/h1-6H,(H,12,13);;. The van der Waals surface area contributed by atoms with Crippen molar-refractivity contribution in [3.8, 4) is 0 Å². The molecule has 0 saturated carbocycles. The minimum atomic E-state index is -1.95. The molecule has 0 aliphatic heterocycles. The van der Waals surface area contributed by atoms with Crippen LogP contribution in [0.2, 0.25) is 5.02 Å². The third-order valence-electron chi connectivity index (χ3n) is 2.00. The summed E-state index contributed by atoms with van der Waals surface area (Å²) in [6.45, 7) is 0. The van der Waals surface area contributed by atoms with Crippen LogP contribution in [0.5, 0.6) is 0 Å². The minimum absolute atomic E-state index is 0. The second-order valence-corrected chi connectivity index (χ2v) is 4.25. The van der Waals surface area contributed by atoms with Gasteiger partial charge >= 0.3 is 29.6 Å². The molecular formula is C10H8ClNaO2S. The van der Waals surface area contributed by atoms with Crippen molar-refractivity contribution in [2.75, 3.05) is 0 Å². The van der Waals surface area contributed by atoms with Crippen molar-refractivity contribution < 1.29 is 8.76 Å². The van der Waals surface area contributed by atoms with Crippen LogP contribution in [0, 0.1) is 0 Å². The van der Waals surface area contributed by atoms with Crippen LogP contribution in [-0.4, -0.2) is 38.3 Å². The molecule has 2 rings (SSSR count). The van der Waals surface area contributed by atoms with Gasteiger partial charge in [0.25, 0.3) is 0 Å². The second kappa shape index (κ2) is 5.43. The van der Waals surface area contributed by atoms with Crippen molar-refractivity contribution in [1.29, 1.82) is 0 Å². The zero-order chi connectivity index (χ0) is 10.1. The second-order valence-electron chi connectivity index (χ2n) is 2.87. The maximum absolute atomic E-state index is 10.8. The molecule has 1 N–H and O–H groups in total. The number of hydrogen-bond acceptors (Lipinski definition) is 1. The van der Waals surface area contributed by atoms with E-state index >= 15 is 0 Å². The monoisotopic (exact) mass is 250 g/mol. The van der Waals surface area contributed by atoms with Gasteiger partial charge in [-0.15, -0.1) is 0 Å². The Kier molecular flexibility index (Phi) is 4.77. The molecule has 1 atom stereocenters. The maximum atomic E-state index is 10.8. The molecule has 0 spiro atoms. The summed E-state index contributed by atoms with van der Waals surface area (Å²) in [7, 11) is 0. The van der Waals surface area contributed by atoms with Gasteiger partial charge in [-0.3, -0.25) is 0 Å². The molecule has 0 heterocycles. The quantitative estimate of drug-likeness (QED) is 0.624. The van der Waals surface area contributed by atoms with E-state index in [0.29, 0.717) is 9.92 Å². The predicted molar refractivity (Wildman–Crippen MR) is 65.1 cm³/mol. The summed E-state index contributed by atoms with van der Waals surface area (Å²) in [6.07, 6.45) is 0. The summed E-state index contributed by atoms with van der Waals surface area (Å²) in [5.41, 5.74) is 0. The number of hydrogen-bond donors (Lipinski definition) is 1. The van der Waals surface area contributed by atoms with Crippen LogP contribution in [0.25, 0.3) is 10.8 Å². The molecule has 0 aliphatic rings. The van der Waals surface area contributed by atoms with Crippen LogP contribution in [0.3, 0.4) is 0 Å². The molecule has 2 aromatic rings. The molecule has 15 heavy (non-hydrogen) atoms. The Morgan fingerprint density at radius 2 is 1.93 bits per heavy atom. The van der Waals surface area contributed by atoms with Crippen molar-refractivity contribution in [1.82, 2.24) is 0 Å². The third-order valence-corrected chi connectivity index (χ3v) is 2.99. The average Bonchev–Trinajstić information content (AvgIpc) is 2.18. The van der Waals surface area contributed by atoms with Gasteiger partial charge in [-0.05, 0) is 23.6 Å². The van der Waals surface area contributed by atoms with Gasteiger partial charge in [-0.1, -0.05) is 29.8 Å². The van der Waals surface area contributed by atoms with Gasteiger partial charge < -0.3 is 4.55 Å². The molecular weight excluding hydrogens is 243 g/mol. The number of benzene rings is 2. The Morgan fingerprint density at radius 1 is 1.20 bits per heavy atom. The zero-order valence-electron chi connectivity index (χ0n) is 7.11. The van der Waals surface area contributed by atoms with Crippen LogP contribution in [-0.2, 0) is 11.1 Å². The SMILES string of the molecule is O=S(O)c1ccc2cccc(Cl)c2c1.[NaH]. The first-order chi connectivity index (χ1) is 6.68. The number of fused-ring (bicyclic) bond motifs is 1. The van der Waals surface area contributed by atoms with Crippen molar-refractivity contribution in [3.05, 3.63) is 41.4 Å². The normalized spacial score (nSPS) is 12.1. The Balaban J connectivity index is 0.00000112. The molecule has 2 nitrogen and oxygen atoms in total. The Labute approximate surface area is 117 Å². The molecule has 2 aromatic carbocycles. The Morgan fingerprint density at radius 3 is 2.60 bits per heavy atom. The van der Waals surface area contributed by atoms with Crippen molar-refractivity contribution in [2.45, 2.75) is 4.90 Å². The van der Waals surface area contributed by atoms with E-state index in [1.54, 1.807) is 24.3 Å². The van der Waals surface area contributed by atoms with E-state index < -0.39 is 11.1 Å². The first-order valence-corrected chi connectivity index (χ1v) is 5.46. The molecule has 5 heteroatoms. The molecule has 0 radical (unpaired) electrons. The van der Waals surface area contributed by atoms with Gasteiger partial charge in [0.05, 0.1) is 4.90 Å². The average molecular weight is 251 g/mol. The summed E-state index contributed by atoms with van der Waals surface area (Å²) in [5.74, 6) is 0. The van der Waals surface area contributed by atoms with Gasteiger partial charge in [0, 0.05) is 10.4 Å². The van der Waals surface area contributed by atoms with Crippen molar-refractivity contribution in [2.24, 2.45) is 0 Å². The fraction of sp³-hybridized carbons (Fsp3) is 0. The van der Waals surface area contributed by atoms with E-state index in [9.17, 15) is 4.21 Å². The summed E-state index contributed by atoms with van der Waals surface area (Å²) >= 11 is 4.00. The van der Waals surface area contributed by atoms with Crippen molar-refractivity contribution >= 4 is 63.0 Å². The molecule has 1 unspecified atom stereocenters. The van der Waals surface area contributed by atoms with E-state index in [4.69, 9.17) is 16.2 Å². The van der Waals surface area contributed by atoms with E-state index in [-0.39, 0.29) is 29.6 Å². The topological polar surface area (TPSA) is 37.3 Å². The summed E-state index contributed by atoms with van der Waals surface area (Å²) in [6, 6.07) is 10.5. The first-order valence-electron chi connectivity index (χ1n) is 3.97. The van der Waals surface area contributed by atoms with Gasteiger partial charge in [-0.25, -0.2) is 4.21 Å². The zero-order valence-corrected chi connectivity index (χ0v) is 8.68. The molecule has 0 fully saturated rings. The van der Waals surface area contributed by atoms with Crippen LogP contribution in [0.1, 0.15) is 0 Å². The molecule has 0 aliphatic carbocycles. The Bertz CT molecular complexity index is 516. The van der Waals surface area contributed by atoms with Gasteiger partial charge in [0.1, 0.15) is 0 Å². The summed E-state index contributed by atoms with van der Waals surface area (Å²) in [4.78, 5) is 0.366. The van der Waals surface area contributed by atoms with Crippen LogP contribution < -0.4 is 0 Å². The fourth-order valence-corrected chi connectivity index (χ4v) is 1.96.